The number of carbonyl (C=O) groups is 1. The summed E-state index contributed by atoms with van der Waals surface area (Å²) in [6, 6.07) is 11.6. The first-order valence-electron chi connectivity index (χ1n) is 6.32. The molecule has 0 radical (unpaired) electrons. The summed E-state index contributed by atoms with van der Waals surface area (Å²) < 4.78 is 0. The molecule has 0 saturated heterocycles. The number of anilines is 1. The Morgan fingerprint density at radius 3 is 2.15 bits per heavy atom. The van der Waals surface area contributed by atoms with Gasteiger partial charge in [0.15, 0.2) is 6.10 Å². The predicted molar refractivity (Wildman–Crippen MR) is 77.6 cm³/mol. The van der Waals surface area contributed by atoms with Crippen LogP contribution in [0.4, 0.5) is 5.69 Å². The highest BCUT2D eigenvalue weighted by molar-refractivity contribution is 5.94. The third-order valence-corrected chi connectivity index (χ3v) is 2.95. The summed E-state index contributed by atoms with van der Waals surface area (Å²) in [7, 11) is 0. The number of rotatable bonds is 3. The van der Waals surface area contributed by atoms with Crippen LogP contribution in [0.15, 0.2) is 42.5 Å². The van der Waals surface area contributed by atoms with E-state index in [1.165, 1.54) is 24.3 Å². The Kier molecular flexibility index (Phi) is 4.05. The number of aliphatic hydroxyl groups excluding tert-OH is 1. The van der Waals surface area contributed by atoms with Gasteiger partial charge in [-0.05, 0) is 54.8 Å². The SMILES string of the molecule is Cc1cc(C)cc(NC(=O)C(O)c2ccc(O)cc2)c1. The zero-order valence-electron chi connectivity index (χ0n) is 11.4. The van der Waals surface area contributed by atoms with Gasteiger partial charge in [-0.3, -0.25) is 4.79 Å². The lowest BCUT2D eigenvalue weighted by Gasteiger charge is -2.12. The Bertz CT molecular complexity index is 600. The lowest BCUT2D eigenvalue weighted by atomic mass is 10.1. The normalized spacial score (nSPS) is 11.9. The van der Waals surface area contributed by atoms with Gasteiger partial charge in [0.05, 0.1) is 0 Å². The second-order valence-corrected chi connectivity index (χ2v) is 4.86. The Labute approximate surface area is 117 Å². The monoisotopic (exact) mass is 271 g/mol. The zero-order chi connectivity index (χ0) is 14.7. The maximum atomic E-state index is 12.0. The summed E-state index contributed by atoms with van der Waals surface area (Å²) in [6.07, 6.45) is -1.27. The molecule has 0 spiro atoms. The first-order valence-corrected chi connectivity index (χ1v) is 6.32. The molecule has 20 heavy (non-hydrogen) atoms. The third kappa shape index (κ3) is 3.36. The summed E-state index contributed by atoms with van der Waals surface area (Å²) in [6.45, 7) is 3.89. The minimum atomic E-state index is -1.27. The third-order valence-electron chi connectivity index (χ3n) is 2.95. The number of amides is 1. The van der Waals surface area contributed by atoms with E-state index < -0.39 is 12.0 Å². The molecule has 0 aliphatic rings. The van der Waals surface area contributed by atoms with E-state index in [0.29, 0.717) is 11.3 Å². The summed E-state index contributed by atoms with van der Waals surface area (Å²) in [4.78, 5) is 12.0. The number of hydrogen-bond donors (Lipinski definition) is 3. The van der Waals surface area contributed by atoms with E-state index in [2.05, 4.69) is 5.32 Å². The van der Waals surface area contributed by atoms with Crippen molar-refractivity contribution in [1.29, 1.82) is 0 Å². The Morgan fingerprint density at radius 1 is 1.05 bits per heavy atom. The number of aromatic hydroxyl groups is 1. The lowest BCUT2D eigenvalue weighted by molar-refractivity contribution is -0.124. The molecule has 3 N–H and O–H groups in total. The molecule has 2 aromatic rings. The fourth-order valence-corrected chi connectivity index (χ4v) is 2.07. The van der Waals surface area contributed by atoms with Gasteiger partial charge in [0.25, 0.3) is 5.91 Å². The van der Waals surface area contributed by atoms with E-state index in [1.54, 1.807) is 0 Å². The van der Waals surface area contributed by atoms with Crippen molar-refractivity contribution in [2.75, 3.05) is 5.32 Å². The Morgan fingerprint density at radius 2 is 1.60 bits per heavy atom. The summed E-state index contributed by atoms with van der Waals surface area (Å²) in [5, 5.41) is 21.9. The van der Waals surface area contributed by atoms with Crippen LogP contribution in [0.5, 0.6) is 5.75 Å². The molecule has 2 rings (SSSR count). The highest BCUT2D eigenvalue weighted by Crippen LogP contribution is 2.20. The van der Waals surface area contributed by atoms with Gasteiger partial charge in [-0.25, -0.2) is 0 Å². The maximum absolute atomic E-state index is 12.0. The number of phenolic OH excluding ortho intramolecular Hbond substituents is 1. The first-order chi connectivity index (χ1) is 9.45. The molecule has 104 valence electrons. The van der Waals surface area contributed by atoms with Gasteiger partial charge in [0.1, 0.15) is 5.75 Å². The minimum Gasteiger partial charge on any atom is -0.508 e. The van der Waals surface area contributed by atoms with Crippen LogP contribution < -0.4 is 5.32 Å². The number of hydrogen-bond acceptors (Lipinski definition) is 3. The molecule has 0 aliphatic heterocycles. The van der Waals surface area contributed by atoms with E-state index >= 15 is 0 Å². The summed E-state index contributed by atoms with van der Waals surface area (Å²) in [5.41, 5.74) is 3.17. The van der Waals surface area contributed by atoms with Gasteiger partial charge < -0.3 is 15.5 Å². The molecular weight excluding hydrogens is 254 g/mol. The molecule has 4 heteroatoms. The van der Waals surface area contributed by atoms with Crippen LogP contribution in [0.1, 0.15) is 22.8 Å². The quantitative estimate of drug-likeness (QED) is 0.804. The largest absolute Gasteiger partial charge is 0.508 e. The number of aryl methyl sites for hydroxylation is 2. The second-order valence-electron chi connectivity index (χ2n) is 4.86. The van der Waals surface area contributed by atoms with Crippen molar-refractivity contribution in [3.05, 3.63) is 59.2 Å². The molecule has 0 fully saturated rings. The van der Waals surface area contributed by atoms with Crippen LogP contribution in [0.3, 0.4) is 0 Å². The standard InChI is InChI=1S/C16H17NO3/c1-10-7-11(2)9-13(8-10)17-16(20)15(19)12-3-5-14(18)6-4-12/h3-9,15,18-19H,1-2H3,(H,17,20). The van der Waals surface area contributed by atoms with Crippen LogP contribution in [0, 0.1) is 13.8 Å². The summed E-state index contributed by atoms with van der Waals surface area (Å²) in [5.74, 6) is -0.406. The van der Waals surface area contributed by atoms with Crippen LogP contribution in [0.2, 0.25) is 0 Å². The minimum absolute atomic E-state index is 0.0932. The van der Waals surface area contributed by atoms with Crippen LogP contribution in [-0.4, -0.2) is 16.1 Å². The zero-order valence-corrected chi connectivity index (χ0v) is 11.4. The predicted octanol–water partition coefficient (Wildman–Crippen LogP) is 2.68. The molecule has 0 aliphatic carbocycles. The van der Waals surface area contributed by atoms with Crippen molar-refractivity contribution in [1.82, 2.24) is 0 Å². The smallest absolute Gasteiger partial charge is 0.257 e. The molecule has 0 heterocycles. The van der Waals surface area contributed by atoms with E-state index in [1.807, 2.05) is 32.0 Å². The number of phenols is 1. The van der Waals surface area contributed by atoms with Crippen molar-refractivity contribution >= 4 is 11.6 Å². The topological polar surface area (TPSA) is 69.6 Å². The molecule has 2 aromatic carbocycles. The summed E-state index contributed by atoms with van der Waals surface area (Å²) >= 11 is 0. The van der Waals surface area contributed by atoms with Gasteiger partial charge in [0, 0.05) is 5.69 Å². The Balaban J connectivity index is 2.13. The molecule has 0 saturated carbocycles. The molecular formula is C16H17NO3. The van der Waals surface area contributed by atoms with E-state index in [-0.39, 0.29) is 5.75 Å². The number of benzene rings is 2. The van der Waals surface area contributed by atoms with Crippen molar-refractivity contribution in [2.45, 2.75) is 20.0 Å². The molecule has 1 atom stereocenters. The van der Waals surface area contributed by atoms with Crippen LogP contribution in [0.25, 0.3) is 0 Å². The number of aliphatic hydroxyl groups is 1. The number of nitrogens with one attached hydrogen (secondary N) is 1. The fraction of sp³-hybridized carbons (Fsp3) is 0.188. The van der Waals surface area contributed by atoms with Gasteiger partial charge in [-0.15, -0.1) is 0 Å². The maximum Gasteiger partial charge on any atom is 0.257 e. The average molecular weight is 271 g/mol. The van der Waals surface area contributed by atoms with Crippen LogP contribution in [-0.2, 0) is 4.79 Å². The fourth-order valence-electron chi connectivity index (χ4n) is 2.07. The molecule has 0 aromatic heterocycles. The molecule has 1 amide bonds. The van der Waals surface area contributed by atoms with Gasteiger partial charge in [-0.1, -0.05) is 18.2 Å². The highest BCUT2D eigenvalue weighted by Gasteiger charge is 2.17. The van der Waals surface area contributed by atoms with Crippen molar-refractivity contribution < 1.29 is 15.0 Å². The van der Waals surface area contributed by atoms with Crippen LogP contribution >= 0.6 is 0 Å². The Hall–Kier alpha value is -2.33. The second kappa shape index (κ2) is 5.75. The molecule has 1 unspecified atom stereocenters. The van der Waals surface area contributed by atoms with Gasteiger partial charge in [0.2, 0.25) is 0 Å². The first kappa shape index (κ1) is 14.1. The van der Waals surface area contributed by atoms with Crippen molar-refractivity contribution in [3.63, 3.8) is 0 Å². The number of carbonyl (C=O) groups excluding carboxylic acids is 1. The van der Waals surface area contributed by atoms with Gasteiger partial charge in [-0.2, -0.15) is 0 Å². The van der Waals surface area contributed by atoms with Crippen molar-refractivity contribution in [3.8, 4) is 5.75 Å². The average Bonchev–Trinajstić information content (AvgIpc) is 2.37. The molecule has 0 bridgehead atoms. The van der Waals surface area contributed by atoms with E-state index in [0.717, 1.165) is 11.1 Å². The van der Waals surface area contributed by atoms with E-state index in [4.69, 9.17) is 0 Å². The van der Waals surface area contributed by atoms with Crippen molar-refractivity contribution in [2.24, 2.45) is 0 Å². The van der Waals surface area contributed by atoms with E-state index in [9.17, 15) is 15.0 Å². The highest BCUT2D eigenvalue weighted by atomic mass is 16.3. The van der Waals surface area contributed by atoms with Gasteiger partial charge >= 0.3 is 0 Å². The lowest BCUT2D eigenvalue weighted by Crippen LogP contribution is -2.20. The molecule has 4 nitrogen and oxygen atoms in total.